The van der Waals surface area contributed by atoms with Crippen LogP contribution in [0.4, 0.5) is 0 Å². The van der Waals surface area contributed by atoms with Crippen molar-refractivity contribution < 1.29 is 24.5 Å². The summed E-state index contributed by atoms with van der Waals surface area (Å²) in [6, 6.07) is 53.1. The average molecular weight is 935 g/mol. The molecule has 3 heterocycles. The average Bonchev–Trinajstić information content (AvgIpc) is 3.61. The molecule has 0 amide bonds. The van der Waals surface area contributed by atoms with Crippen molar-refractivity contribution in [1.29, 1.82) is 0 Å². The van der Waals surface area contributed by atoms with Crippen LogP contribution in [0.2, 0.25) is 19.6 Å². The molecule has 1 radical (unpaired) electrons. The summed E-state index contributed by atoms with van der Waals surface area (Å²) in [4.78, 5) is 9.51. The normalized spacial score (nSPS) is 11.4. The number of rotatable bonds is 6. The number of furan rings is 1. The van der Waals surface area contributed by atoms with Crippen LogP contribution in [0.3, 0.4) is 0 Å². The quantitative estimate of drug-likeness (QED) is 0.123. The van der Waals surface area contributed by atoms with Gasteiger partial charge in [0.15, 0.2) is 0 Å². The zero-order valence-electron chi connectivity index (χ0n) is 33.6. The molecule has 9 rings (SSSR count). The van der Waals surface area contributed by atoms with Gasteiger partial charge in [-0.25, -0.2) is 0 Å². The number of aryl methyl sites for hydroxylation is 2. The van der Waals surface area contributed by atoms with Gasteiger partial charge in [-0.3, -0.25) is 0 Å². The van der Waals surface area contributed by atoms with Crippen molar-refractivity contribution in [3.8, 4) is 44.8 Å². The number of pyridine rings is 2. The Morgan fingerprint density at radius 1 is 0.632 bits per heavy atom. The summed E-state index contributed by atoms with van der Waals surface area (Å²) in [5.74, 6) is 0.534. The molecule has 0 aliphatic heterocycles. The van der Waals surface area contributed by atoms with Crippen LogP contribution in [0.15, 0.2) is 150 Å². The summed E-state index contributed by atoms with van der Waals surface area (Å²) in [6.45, 7) is 15.9. The minimum Gasteiger partial charge on any atom is -0.501 e. The Labute approximate surface area is 351 Å². The Balaban J connectivity index is 0.000000211. The molecule has 3 aromatic heterocycles. The molecule has 0 aliphatic carbocycles. The van der Waals surface area contributed by atoms with Crippen molar-refractivity contribution in [2.75, 3.05) is 0 Å². The fraction of sp³-hybridized carbons (Fsp3) is 0.154. The van der Waals surface area contributed by atoms with Crippen LogP contribution in [0, 0.1) is 26.0 Å². The fourth-order valence-electron chi connectivity index (χ4n) is 7.71. The molecule has 5 heteroatoms. The SMILES string of the molecule is CC(C)c1cc(-c2[c-]cccc2)ncc1[Si](C)(C)C.Cc1cc(-c2[c-]cc(C)c3c2oc2cc(-c4cccc5ccccc45)ccc23)ncc1-c1ccccc1.[Ir]. The van der Waals surface area contributed by atoms with Gasteiger partial charge in [0.25, 0.3) is 0 Å². The number of nitrogens with zero attached hydrogens (tertiary/aromatic N) is 2. The summed E-state index contributed by atoms with van der Waals surface area (Å²) in [7, 11) is -1.34. The number of fused-ring (bicyclic) bond motifs is 4. The molecule has 0 saturated carbocycles. The van der Waals surface area contributed by atoms with E-state index in [0.717, 1.165) is 61.1 Å². The summed E-state index contributed by atoms with van der Waals surface area (Å²) < 4.78 is 6.58. The van der Waals surface area contributed by atoms with Gasteiger partial charge in [0.05, 0.1) is 13.7 Å². The second-order valence-corrected chi connectivity index (χ2v) is 21.0. The monoisotopic (exact) mass is 935 g/mol. The molecule has 0 atom stereocenters. The van der Waals surface area contributed by atoms with Crippen LogP contribution in [0.25, 0.3) is 77.5 Å². The third-order valence-electron chi connectivity index (χ3n) is 10.6. The van der Waals surface area contributed by atoms with Gasteiger partial charge in [0.1, 0.15) is 5.58 Å². The van der Waals surface area contributed by atoms with E-state index in [4.69, 9.17) is 9.40 Å². The summed E-state index contributed by atoms with van der Waals surface area (Å²) in [5, 5.41) is 6.19. The maximum atomic E-state index is 6.58. The Kier molecular flexibility index (Phi) is 11.6. The third kappa shape index (κ3) is 8.06. The third-order valence-corrected chi connectivity index (χ3v) is 12.7. The van der Waals surface area contributed by atoms with Gasteiger partial charge in [-0.1, -0.05) is 154 Å². The molecule has 0 saturated heterocycles. The van der Waals surface area contributed by atoms with E-state index in [-0.39, 0.29) is 20.1 Å². The zero-order valence-corrected chi connectivity index (χ0v) is 37.0. The summed E-state index contributed by atoms with van der Waals surface area (Å²) in [6.07, 6.45) is 4.05. The summed E-state index contributed by atoms with van der Waals surface area (Å²) in [5.41, 5.74) is 14.0. The van der Waals surface area contributed by atoms with Gasteiger partial charge >= 0.3 is 0 Å². The van der Waals surface area contributed by atoms with E-state index >= 15 is 0 Å². The Hall–Kier alpha value is -5.45. The van der Waals surface area contributed by atoms with Crippen molar-refractivity contribution in [2.45, 2.75) is 53.3 Å². The first-order valence-corrected chi connectivity index (χ1v) is 22.9. The number of benzene rings is 6. The van der Waals surface area contributed by atoms with E-state index in [0.29, 0.717) is 5.92 Å². The summed E-state index contributed by atoms with van der Waals surface area (Å²) >= 11 is 0. The first kappa shape index (κ1) is 39.8. The molecule has 0 spiro atoms. The maximum absolute atomic E-state index is 6.58. The minimum absolute atomic E-state index is 0. The molecule has 0 aliphatic rings. The first-order chi connectivity index (χ1) is 27.1. The molecule has 0 unspecified atom stereocenters. The van der Waals surface area contributed by atoms with E-state index in [9.17, 15) is 0 Å². The molecule has 0 bridgehead atoms. The Morgan fingerprint density at radius 2 is 1.37 bits per heavy atom. The van der Waals surface area contributed by atoms with Gasteiger partial charge in [-0.05, 0) is 68.5 Å². The van der Waals surface area contributed by atoms with E-state index < -0.39 is 8.07 Å². The largest absolute Gasteiger partial charge is 0.501 e. The molecule has 285 valence electrons. The van der Waals surface area contributed by atoms with Crippen LogP contribution in [0.1, 0.15) is 36.5 Å². The zero-order chi connectivity index (χ0) is 39.0. The van der Waals surface area contributed by atoms with Crippen molar-refractivity contribution in [3.63, 3.8) is 0 Å². The topological polar surface area (TPSA) is 38.9 Å². The van der Waals surface area contributed by atoms with Gasteiger partial charge in [0.2, 0.25) is 0 Å². The van der Waals surface area contributed by atoms with Crippen molar-refractivity contribution in [2.24, 2.45) is 0 Å². The van der Waals surface area contributed by atoms with Crippen LogP contribution in [-0.2, 0) is 20.1 Å². The maximum Gasteiger partial charge on any atom is 0.121 e. The van der Waals surface area contributed by atoms with E-state index in [1.54, 1.807) is 0 Å². The molecular weight excluding hydrogens is 889 g/mol. The van der Waals surface area contributed by atoms with Crippen molar-refractivity contribution in [1.82, 2.24) is 9.97 Å². The number of hydrogen-bond donors (Lipinski definition) is 0. The van der Waals surface area contributed by atoms with Crippen LogP contribution < -0.4 is 5.19 Å². The predicted octanol–water partition coefficient (Wildman–Crippen LogP) is 13.8. The van der Waals surface area contributed by atoms with Crippen LogP contribution >= 0.6 is 0 Å². The molecule has 9 aromatic rings. The second-order valence-electron chi connectivity index (χ2n) is 16.0. The van der Waals surface area contributed by atoms with Crippen LogP contribution in [-0.4, -0.2) is 18.0 Å². The molecule has 0 fully saturated rings. The van der Waals surface area contributed by atoms with Gasteiger partial charge < -0.3 is 14.4 Å². The predicted molar refractivity (Wildman–Crippen MR) is 239 cm³/mol. The first-order valence-electron chi connectivity index (χ1n) is 19.4. The van der Waals surface area contributed by atoms with E-state index in [2.05, 4.69) is 174 Å². The van der Waals surface area contributed by atoms with Gasteiger partial charge in [-0.15, -0.1) is 53.6 Å². The molecular formula is C52H46IrN2OSi-2. The van der Waals surface area contributed by atoms with Gasteiger partial charge in [-0.2, -0.15) is 0 Å². The van der Waals surface area contributed by atoms with Gasteiger partial charge in [0, 0.05) is 43.4 Å². The minimum atomic E-state index is -1.34. The van der Waals surface area contributed by atoms with E-state index in [1.165, 1.54) is 38.2 Å². The van der Waals surface area contributed by atoms with Crippen molar-refractivity contribution >= 4 is 46.0 Å². The standard InChI is InChI=1S/C35H24NO.C17H22NSi.Ir/c1-22-15-17-29(32-19-23(2)31(21-36-32)25-9-4-3-5-10-25)35-34(22)30-18-16-26(20-33(30)37-35)28-14-8-12-24-11-6-7-13-27(24)28;1-13(2)15-11-16(14-9-7-6-8-10-14)18-12-17(15)19(3,4)5;/h3-16,18-21H,1-2H3;6-9,11-13H,1-5H3;/q2*-1;. The molecule has 0 N–H and O–H groups in total. The van der Waals surface area contributed by atoms with Crippen LogP contribution in [0.5, 0.6) is 0 Å². The molecule has 3 nitrogen and oxygen atoms in total. The molecule has 6 aromatic carbocycles. The Bertz CT molecular complexity index is 2830. The Morgan fingerprint density at radius 3 is 2.11 bits per heavy atom. The fourth-order valence-corrected chi connectivity index (χ4v) is 9.38. The smallest absolute Gasteiger partial charge is 0.121 e. The number of aromatic nitrogens is 2. The second kappa shape index (κ2) is 16.6. The van der Waals surface area contributed by atoms with Crippen molar-refractivity contribution in [3.05, 3.63) is 175 Å². The molecule has 57 heavy (non-hydrogen) atoms. The van der Waals surface area contributed by atoms with E-state index in [1.807, 2.05) is 36.5 Å². The number of hydrogen-bond acceptors (Lipinski definition) is 3.